The third-order valence-corrected chi connectivity index (χ3v) is 5.64. The number of rotatable bonds is 3. The first kappa shape index (κ1) is 17.9. The summed E-state index contributed by atoms with van der Waals surface area (Å²) in [7, 11) is 0. The van der Waals surface area contributed by atoms with Crippen molar-refractivity contribution in [1.82, 2.24) is 0 Å². The average molecular weight is 422 g/mol. The second-order valence-corrected chi connectivity index (χ2v) is 7.92. The minimum Gasteiger partial charge on any atom is -0.379 e. The van der Waals surface area contributed by atoms with Crippen LogP contribution in [0.2, 0.25) is 0 Å². The van der Waals surface area contributed by atoms with E-state index in [0.717, 1.165) is 17.7 Å². The maximum Gasteiger partial charge on any atom is 0.256 e. The molecule has 0 fully saturated rings. The molecule has 1 heterocycles. The third kappa shape index (κ3) is 3.88. The van der Waals surface area contributed by atoms with Gasteiger partial charge in [-0.1, -0.05) is 30.0 Å². The van der Waals surface area contributed by atoms with E-state index in [1.807, 2.05) is 13.0 Å². The zero-order valence-electron chi connectivity index (χ0n) is 13.6. The number of hydrogen-bond acceptors (Lipinski definition) is 4. The van der Waals surface area contributed by atoms with Crippen LogP contribution in [0.1, 0.15) is 29.3 Å². The Morgan fingerprint density at radius 1 is 1.36 bits per heavy atom. The maximum atomic E-state index is 14.2. The van der Waals surface area contributed by atoms with Gasteiger partial charge in [0.1, 0.15) is 5.82 Å². The van der Waals surface area contributed by atoms with Crippen LogP contribution in [0.25, 0.3) is 0 Å². The van der Waals surface area contributed by atoms with Crippen molar-refractivity contribution in [2.45, 2.75) is 18.9 Å². The summed E-state index contributed by atoms with van der Waals surface area (Å²) in [5.74, 6) is -0.0206. The van der Waals surface area contributed by atoms with Crippen molar-refractivity contribution in [3.8, 4) is 0 Å². The van der Waals surface area contributed by atoms with Gasteiger partial charge in [-0.25, -0.2) is 4.39 Å². The lowest BCUT2D eigenvalue weighted by Gasteiger charge is -2.30. The Morgan fingerprint density at radius 3 is 2.84 bits per heavy atom. The summed E-state index contributed by atoms with van der Waals surface area (Å²) in [5, 5.41) is 3.17. The number of amides is 1. The van der Waals surface area contributed by atoms with E-state index >= 15 is 0 Å². The molecular weight excluding hydrogens is 405 g/mol. The SMILES string of the molecule is CC1(c2ccc(F)c(NC(=O)c3ccccc3Br)c2)CCSC(N)=N1. The number of carbonyl (C=O) groups excluding carboxylic acids is 1. The van der Waals surface area contributed by atoms with Gasteiger partial charge in [0, 0.05) is 10.2 Å². The monoisotopic (exact) mass is 421 g/mol. The van der Waals surface area contributed by atoms with Crippen LogP contribution in [-0.4, -0.2) is 16.8 Å². The van der Waals surface area contributed by atoms with Crippen LogP contribution in [0.15, 0.2) is 51.9 Å². The molecule has 1 aliphatic rings. The largest absolute Gasteiger partial charge is 0.379 e. The Morgan fingerprint density at radius 2 is 2.12 bits per heavy atom. The van der Waals surface area contributed by atoms with Crippen LogP contribution >= 0.6 is 27.7 Å². The first-order valence-electron chi connectivity index (χ1n) is 7.73. The summed E-state index contributed by atoms with van der Waals surface area (Å²) in [5.41, 5.74) is 6.72. The molecule has 1 amide bonds. The molecule has 0 radical (unpaired) electrons. The van der Waals surface area contributed by atoms with Crippen molar-refractivity contribution in [3.63, 3.8) is 0 Å². The Bertz CT molecular complexity index is 858. The molecular formula is C18H17BrFN3OS. The van der Waals surface area contributed by atoms with E-state index < -0.39 is 11.4 Å². The molecule has 0 saturated heterocycles. The summed E-state index contributed by atoms with van der Waals surface area (Å²) in [4.78, 5) is 17.0. The Hall–Kier alpha value is -1.86. The van der Waals surface area contributed by atoms with Crippen LogP contribution in [-0.2, 0) is 5.54 Å². The van der Waals surface area contributed by atoms with Crippen molar-refractivity contribution in [3.05, 3.63) is 63.9 Å². The Kier molecular flexibility index (Phi) is 5.15. The van der Waals surface area contributed by atoms with E-state index in [1.165, 1.54) is 17.8 Å². The molecule has 0 aliphatic carbocycles. The van der Waals surface area contributed by atoms with Crippen LogP contribution in [0.4, 0.5) is 10.1 Å². The Labute approximate surface area is 158 Å². The van der Waals surface area contributed by atoms with Gasteiger partial charge in [0.05, 0.1) is 16.8 Å². The van der Waals surface area contributed by atoms with Crippen molar-refractivity contribution >= 4 is 44.5 Å². The molecule has 3 rings (SSSR count). The normalized spacial score (nSPS) is 20.0. The molecule has 1 aliphatic heterocycles. The smallest absolute Gasteiger partial charge is 0.256 e. The van der Waals surface area contributed by atoms with E-state index in [1.54, 1.807) is 30.3 Å². The zero-order valence-corrected chi connectivity index (χ0v) is 16.0. The van der Waals surface area contributed by atoms with Gasteiger partial charge in [-0.15, -0.1) is 0 Å². The molecule has 0 saturated carbocycles. The third-order valence-electron chi connectivity index (χ3n) is 4.15. The van der Waals surface area contributed by atoms with E-state index in [-0.39, 0.29) is 11.6 Å². The van der Waals surface area contributed by atoms with Crippen LogP contribution < -0.4 is 11.1 Å². The number of benzene rings is 2. The number of nitrogens with zero attached hydrogens (tertiary/aromatic N) is 1. The maximum absolute atomic E-state index is 14.2. The topological polar surface area (TPSA) is 67.5 Å². The highest BCUT2D eigenvalue weighted by atomic mass is 79.9. The number of aliphatic imine (C=N–C) groups is 1. The minimum absolute atomic E-state index is 0.131. The van der Waals surface area contributed by atoms with Gasteiger partial charge >= 0.3 is 0 Å². The molecule has 3 N–H and O–H groups in total. The van der Waals surface area contributed by atoms with Gasteiger partial charge in [0.2, 0.25) is 0 Å². The highest BCUT2D eigenvalue weighted by molar-refractivity contribution is 9.10. The number of halogens is 2. The Balaban J connectivity index is 1.91. The zero-order chi connectivity index (χ0) is 18.0. The standard InChI is InChI=1S/C18H17BrFN3OS/c1-18(8-9-25-17(21)23-18)11-6-7-14(20)15(10-11)22-16(24)12-4-2-3-5-13(12)19/h2-7,10H,8-9H2,1H3,(H2,21,23)(H,22,24). The number of hydrogen-bond donors (Lipinski definition) is 2. The second kappa shape index (κ2) is 7.17. The number of nitrogens with two attached hydrogens (primary N) is 1. The quantitative estimate of drug-likeness (QED) is 0.765. The number of amidine groups is 1. The van der Waals surface area contributed by atoms with Gasteiger partial charge in [-0.05, 0) is 59.1 Å². The lowest BCUT2D eigenvalue weighted by atomic mass is 9.89. The number of carbonyl (C=O) groups is 1. The van der Waals surface area contributed by atoms with E-state index in [2.05, 4.69) is 26.2 Å². The lowest BCUT2D eigenvalue weighted by molar-refractivity contribution is 0.102. The summed E-state index contributed by atoms with van der Waals surface area (Å²) >= 11 is 4.84. The number of thioether (sulfide) groups is 1. The van der Waals surface area contributed by atoms with Crippen LogP contribution in [0.3, 0.4) is 0 Å². The van der Waals surface area contributed by atoms with Crippen molar-refractivity contribution < 1.29 is 9.18 Å². The molecule has 25 heavy (non-hydrogen) atoms. The molecule has 0 bridgehead atoms. The van der Waals surface area contributed by atoms with Gasteiger partial charge in [-0.3, -0.25) is 9.79 Å². The molecule has 2 aromatic carbocycles. The van der Waals surface area contributed by atoms with Crippen molar-refractivity contribution in [2.75, 3.05) is 11.1 Å². The van der Waals surface area contributed by atoms with Crippen molar-refractivity contribution in [1.29, 1.82) is 0 Å². The summed E-state index contributed by atoms with van der Waals surface area (Å²) in [6.45, 7) is 1.96. The second-order valence-electron chi connectivity index (χ2n) is 5.95. The van der Waals surface area contributed by atoms with E-state index in [9.17, 15) is 9.18 Å². The molecule has 0 spiro atoms. The molecule has 0 aromatic heterocycles. The highest BCUT2D eigenvalue weighted by Crippen LogP contribution is 2.36. The predicted molar refractivity (Wildman–Crippen MR) is 105 cm³/mol. The summed E-state index contributed by atoms with van der Waals surface area (Å²) < 4.78 is 14.9. The first-order chi connectivity index (χ1) is 11.9. The molecule has 1 atom stereocenters. The van der Waals surface area contributed by atoms with Gasteiger partial charge in [0.25, 0.3) is 5.91 Å². The number of anilines is 1. The fourth-order valence-corrected chi connectivity index (χ4v) is 4.13. The van der Waals surface area contributed by atoms with Crippen molar-refractivity contribution in [2.24, 2.45) is 10.7 Å². The van der Waals surface area contributed by atoms with Gasteiger partial charge in [-0.2, -0.15) is 0 Å². The van der Waals surface area contributed by atoms with Gasteiger partial charge in [0.15, 0.2) is 5.17 Å². The molecule has 2 aromatic rings. The lowest BCUT2D eigenvalue weighted by Crippen LogP contribution is -2.29. The van der Waals surface area contributed by atoms with E-state index in [0.29, 0.717) is 15.2 Å². The van der Waals surface area contributed by atoms with Crippen LogP contribution in [0, 0.1) is 5.82 Å². The fraction of sp³-hybridized carbons (Fsp3) is 0.222. The summed E-state index contributed by atoms with van der Waals surface area (Å²) in [6.07, 6.45) is 0.793. The van der Waals surface area contributed by atoms with E-state index in [4.69, 9.17) is 5.73 Å². The average Bonchev–Trinajstić information content (AvgIpc) is 2.57. The molecule has 7 heteroatoms. The van der Waals surface area contributed by atoms with Crippen LogP contribution in [0.5, 0.6) is 0 Å². The molecule has 130 valence electrons. The molecule has 4 nitrogen and oxygen atoms in total. The minimum atomic E-state index is -0.518. The molecule has 1 unspecified atom stereocenters. The first-order valence-corrected chi connectivity index (χ1v) is 9.51. The summed E-state index contributed by atoms with van der Waals surface area (Å²) in [6, 6.07) is 11.7. The fourth-order valence-electron chi connectivity index (χ4n) is 2.69. The number of nitrogens with one attached hydrogen (secondary N) is 1. The predicted octanol–water partition coefficient (Wildman–Crippen LogP) is 4.51. The van der Waals surface area contributed by atoms with Gasteiger partial charge < -0.3 is 11.1 Å². The highest BCUT2D eigenvalue weighted by Gasteiger charge is 2.30.